The van der Waals surface area contributed by atoms with Gasteiger partial charge in [-0.2, -0.15) is 0 Å². The van der Waals surface area contributed by atoms with Gasteiger partial charge in [-0.15, -0.1) is 5.10 Å². The fourth-order valence-electron chi connectivity index (χ4n) is 1.54. The summed E-state index contributed by atoms with van der Waals surface area (Å²) in [6.45, 7) is 3.13. The molecule has 1 aromatic carbocycles. The van der Waals surface area contributed by atoms with Crippen LogP contribution in [0.25, 0.3) is 0 Å². The van der Waals surface area contributed by atoms with Crippen molar-refractivity contribution in [3.63, 3.8) is 0 Å². The maximum atomic E-state index is 13.5. The molecule has 0 fully saturated rings. The highest BCUT2D eigenvalue weighted by molar-refractivity contribution is 6.30. The Morgan fingerprint density at radius 1 is 1.44 bits per heavy atom. The highest BCUT2D eigenvalue weighted by atomic mass is 35.5. The monoisotopic (exact) mass is 269 g/mol. The molecular weight excluding hydrogens is 257 g/mol. The third-order valence-corrected chi connectivity index (χ3v) is 2.64. The number of tetrazole rings is 1. The largest absolute Gasteiger partial charge is 0.375 e. The molecule has 0 unspecified atom stereocenters. The molecule has 0 saturated heterocycles. The van der Waals surface area contributed by atoms with Gasteiger partial charge in [0.15, 0.2) is 5.82 Å². The smallest absolute Gasteiger partial charge is 0.170 e. The molecule has 96 valence electrons. The number of anilines is 1. The van der Waals surface area contributed by atoms with Crippen LogP contribution in [0.1, 0.15) is 19.2 Å². The molecule has 1 aromatic heterocycles. The molecule has 0 spiro atoms. The normalized spacial score (nSPS) is 10.6. The summed E-state index contributed by atoms with van der Waals surface area (Å²) in [5, 5.41) is 14.7. The highest BCUT2D eigenvalue weighted by Gasteiger charge is 2.07. The van der Waals surface area contributed by atoms with Gasteiger partial charge >= 0.3 is 0 Å². The van der Waals surface area contributed by atoms with Gasteiger partial charge in [-0.05, 0) is 35.0 Å². The zero-order chi connectivity index (χ0) is 13.0. The van der Waals surface area contributed by atoms with Gasteiger partial charge in [0.05, 0.1) is 12.2 Å². The van der Waals surface area contributed by atoms with Crippen molar-refractivity contribution in [2.24, 2.45) is 0 Å². The first kappa shape index (κ1) is 12.8. The standard InChI is InChI=1S/C11H13ClFN5/c1-2-5-18-11(15-16-17-18)7-14-10-6-8(12)3-4-9(10)13/h3-4,6,14H,2,5,7H2,1H3. The predicted molar refractivity (Wildman–Crippen MR) is 66.8 cm³/mol. The summed E-state index contributed by atoms with van der Waals surface area (Å²) in [6, 6.07) is 4.35. The fraction of sp³-hybridized carbons (Fsp3) is 0.364. The molecule has 1 heterocycles. The lowest BCUT2D eigenvalue weighted by Crippen LogP contribution is -2.10. The molecule has 1 N–H and O–H groups in total. The summed E-state index contributed by atoms with van der Waals surface area (Å²) in [4.78, 5) is 0. The van der Waals surface area contributed by atoms with E-state index in [0.717, 1.165) is 13.0 Å². The first-order chi connectivity index (χ1) is 8.70. The van der Waals surface area contributed by atoms with E-state index in [1.807, 2.05) is 6.92 Å². The van der Waals surface area contributed by atoms with Crippen LogP contribution in [-0.4, -0.2) is 20.2 Å². The fourth-order valence-corrected chi connectivity index (χ4v) is 1.71. The number of aryl methyl sites for hydroxylation is 1. The Bertz CT molecular complexity index is 528. The van der Waals surface area contributed by atoms with Crippen molar-refractivity contribution in [2.45, 2.75) is 26.4 Å². The second-order valence-corrected chi connectivity index (χ2v) is 4.23. The zero-order valence-electron chi connectivity index (χ0n) is 9.90. The van der Waals surface area contributed by atoms with Crippen LogP contribution in [0.4, 0.5) is 10.1 Å². The number of aromatic nitrogens is 4. The third-order valence-electron chi connectivity index (χ3n) is 2.41. The average molecular weight is 270 g/mol. The van der Waals surface area contributed by atoms with Crippen LogP contribution in [0.5, 0.6) is 0 Å². The van der Waals surface area contributed by atoms with Crippen molar-refractivity contribution in [1.29, 1.82) is 0 Å². The molecule has 0 aliphatic carbocycles. The van der Waals surface area contributed by atoms with Crippen molar-refractivity contribution in [1.82, 2.24) is 20.2 Å². The topological polar surface area (TPSA) is 55.6 Å². The van der Waals surface area contributed by atoms with Gasteiger partial charge in [0.25, 0.3) is 0 Å². The lowest BCUT2D eigenvalue weighted by Gasteiger charge is -2.07. The number of nitrogens with one attached hydrogen (secondary N) is 1. The SMILES string of the molecule is CCCn1nnnc1CNc1cc(Cl)ccc1F. The Balaban J connectivity index is 2.06. The molecule has 5 nitrogen and oxygen atoms in total. The maximum Gasteiger partial charge on any atom is 0.170 e. The minimum Gasteiger partial charge on any atom is -0.375 e. The molecule has 0 amide bonds. The van der Waals surface area contributed by atoms with Crippen molar-refractivity contribution >= 4 is 17.3 Å². The Hall–Kier alpha value is -1.69. The van der Waals surface area contributed by atoms with Gasteiger partial charge in [-0.25, -0.2) is 9.07 Å². The van der Waals surface area contributed by atoms with Gasteiger partial charge in [0.1, 0.15) is 5.82 Å². The second-order valence-electron chi connectivity index (χ2n) is 3.80. The lowest BCUT2D eigenvalue weighted by molar-refractivity contribution is 0.558. The molecule has 2 rings (SSSR count). The van der Waals surface area contributed by atoms with Crippen LogP contribution in [0, 0.1) is 5.82 Å². The number of hydrogen-bond acceptors (Lipinski definition) is 4. The summed E-state index contributed by atoms with van der Waals surface area (Å²) in [6.07, 6.45) is 0.934. The minimum absolute atomic E-state index is 0.341. The number of nitrogens with zero attached hydrogens (tertiary/aromatic N) is 4. The summed E-state index contributed by atoms with van der Waals surface area (Å²) < 4.78 is 15.2. The van der Waals surface area contributed by atoms with Crippen molar-refractivity contribution in [3.8, 4) is 0 Å². The van der Waals surface area contributed by atoms with Gasteiger partial charge in [-0.3, -0.25) is 0 Å². The van der Waals surface area contributed by atoms with E-state index < -0.39 is 0 Å². The molecule has 7 heteroatoms. The summed E-state index contributed by atoms with van der Waals surface area (Å²) >= 11 is 5.81. The van der Waals surface area contributed by atoms with E-state index in [4.69, 9.17) is 11.6 Å². The Labute approximate surface area is 109 Å². The molecule has 0 aliphatic heterocycles. The van der Waals surface area contributed by atoms with Crippen LogP contribution in [0.2, 0.25) is 5.02 Å². The average Bonchev–Trinajstić information content (AvgIpc) is 2.78. The molecule has 0 bridgehead atoms. The number of benzene rings is 1. The van der Waals surface area contributed by atoms with Crippen LogP contribution < -0.4 is 5.32 Å². The first-order valence-corrected chi connectivity index (χ1v) is 6.02. The predicted octanol–water partition coefficient (Wildman–Crippen LogP) is 2.49. The van der Waals surface area contributed by atoms with Crippen LogP contribution >= 0.6 is 11.6 Å². The molecule has 0 saturated carbocycles. The third kappa shape index (κ3) is 2.95. The molecule has 0 atom stereocenters. The van der Waals surface area contributed by atoms with Crippen LogP contribution in [0.15, 0.2) is 18.2 Å². The van der Waals surface area contributed by atoms with Crippen LogP contribution in [0.3, 0.4) is 0 Å². The summed E-state index contributed by atoms with van der Waals surface area (Å²) in [5.41, 5.74) is 0.341. The Morgan fingerprint density at radius 3 is 3.06 bits per heavy atom. The molecule has 0 aliphatic rings. The first-order valence-electron chi connectivity index (χ1n) is 5.64. The van der Waals surface area contributed by atoms with Crippen molar-refractivity contribution in [3.05, 3.63) is 34.9 Å². The highest BCUT2D eigenvalue weighted by Crippen LogP contribution is 2.19. The van der Waals surface area contributed by atoms with E-state index in [9.17, 15) is 4.39 Å². The lowest BCUT2D eigenvalue weighted by atomic mass is 10.3. The van der Waals surface area contributed by atoms with Gasteiger partial charge in [0.2, 0.25) is 0 Å². The maximum absolute atomic E-state index is 13.5. The second kappa shape index (κ2) is 5.77. The number of halogens is 2. The van der Waals surface area contributed by atoms with Crippen molar-refractivity contribution < 1.29 is 4.39 Å². The summed E-state index contributed by atoms with van der Waals surface area (Å²) in [7, 11) is 0. The Kier molecular flexibility index (Phi) is 4.09. The van der Waals surface area contributed by atoms with E-state index in [1.54, 1.807) is 4.68 Å². The summed E-state index contributed by atoms with van der Waals surface area (Å²) in [5.74, 6) is 0.310. The molecular formula is C11H13ClFN5. The number of hydrogen-bond donors (Lipinski definition) is 1. The van der Waals surface area contributed by atoms with E-state index in [2.05, 4.69) is 20.8 Å². The van der Waals surface area contributed by atoms with Gasteiger partial charge < -0.3 is 5.32 Å². The zero-order valence-corrected chi connectivity index (χ0v) is 10.7. The van der Waals surface area contributed by atoms with Crippen molar-refractivity contribution in [2.75, 3.05) is 5.32 Å². The quantitative estimate of drug-likeness (QED) is 0.906. The van der Waals surface area contributed by atoms with Gasteiger partial charge in [-0.1, -0.05) is 18.5 Å². The molecule has 0 radical (unpaired) electrons. The van der Waals surface area contributed by atoms with Gasteiger partial charge in [0, 0.05) is 11.6 Å². The van der Waals surface area contributed by atoms with Crippen LogP contribution in [-0.2, 0) is 13.1 Å². The van der Waals surface area contributed by atoms with E-state index >= 15 is 0 Å². The molecule has 2 aromatic rings. The Morgan fingerprint density at radius 2 is 2.28 bits per heavy atom. The van der Waals surface area contributed by atoms with E-state index in [1.165, 1.54) is 18.2 Å². The number of rotatable bonds is 5. The van der Waals surface area contributed by atoms with E-state index in [-0.39, 0.29) is 5.82 Å². The minimum atomic E-state index is -0.353. The van der Waals surface area contributed by atoms with E-state index in [0.29, 0.717) is 23.1 Å². The molecule has 18 heavy (non-hydrogen) atoms.